The zero-order valence-electron chi connectivity index (χ0n) is 9.59. The van der Waals surface area contributed by atoms with Gasteiger partial charge in [-0.05, 0) is 25.5 Å². The van der Waals surface area contributed by atoms with Gasteiger partial charge in [0.15, 0.2) is 5.82 Å². The average Bonchev–Trinajstić information content (AvgIpc) is 3.00. The number of ether oxygens (including phenoxy) is 1. The minimum atomic E-state index is 0.269. The van der Waals surface area contributed by atoms with Gasteiger partial charge in [-0.3, -0.25) is 4.98 Å². The molecule has 0 spiro atoms. The number of aromatic nitrogens is 3. The summed E-state index contributed by atoms with van der Waals surface area (Å²) < 4.78 is 10.6. The average molecular weight is 231 g/mol. The van der Waals surface area contributed by atoms with E-state index in [1.165, 1.54) is 0 Å². The van der Waals surface area contributed by atoms with Crippen LogP contribution in [0.1, 0.15) is 23.9 Å². The number of hydrogen-bond donors (Lipinski definition) is 0. The van der Waals surface area contributed by atoms with E-state index in [0.29, 0.717) is 12.5 Å². The van der Waals surface area contributed by atoms with Crippen molar-refractivity contribution >= 4 is 0 Å². The largest absolute Gasteiger partial charge is 0.381 e. The SMILES string of the molecule is Cc1ccc(-c2nc([C@H]3CCOC3)no2)cn1. The Morgan fingerprint density at radius 2 is 2.29 bits per heavy atom. The van der Waals surface area contributed by atoms with Gasteiger partial charge in [-0.1, -0.05) is 5.16 Å². The molecule has 2 aromatic heterocycles. The van der Waals surface area contributed by atoms with Crippen LogP contribution in [0.5, 0.6) is 0 Å². The zero-order valence-corrected chi connectivity index (χ0v) is 9.59. The molecule has 5 nitrogen and oxygen atoms in total. The lowest BCUT2D eigenvalue weighted by atomic mass is 10.1. The molecule has 88 valence electrons. The Balaban J connectivity index is 1.86. The van der Waals surface area contributed by atoms with Gasteiger partial charge in [0.05, 0.1) is 12.2 Å². The molecule has 1 aliphatic heterocycles. The molecule has 0 aromatic carbocycles. The second-order valence-corrected chi connectivity index (χ2v) is 4.21. The molecule has 0 unspecified atom stereocenters. The van der Waals surface area contributed by atoms with Gasteiger partial charge in [0.2, 0.25) is 0 Å². The summed E-state index contributed by atoms with van der Waals surface area (Å²) in [6, 6.07) is 3.86. The summed E-state index contributed by atoms with van der Waals surface area (Å²) in [7, 11) is 0. The Kier molecular flexibility index (Phi) is 2.60. The summed E-state index contributed by atoms with van der Waals surface area (Å²) in [5.41, 5.74) is 1.82. The smallest absolute Gasteiger partial charge is 0.259 e. The highest BCUT2D eigenvalue weighted by Gasteiger charge is 2.23. The first-order chi connectivity index (χ1) is 8.33. The van der Waals surface area contributed by atoms with Crippen LogP contribution in [0.4, 0.5) is 0 Å². The van der Waals surface area contributed by atoms with Crippen molar-refractivity contribution in [3.8, 4) is 11.5 Å². The minimum absolute atomic E-state index is 0.269. The maximum atomic E-state index is 5.31. The molecule has 3 heterocycles. The summed E-state index contributed by atoms with van der Waals surface area (Å²) in [6.07, 6.45) is 2.71. The van der Waals surface area contributed by atoms with Crippen molar-refractivity contribution in [3.05, 3.63) is 29.8 Å². The second kappa shape index (κ2) is 4.25. The molecule has 1 saturated heterocycles. The Morgan fingerprint density at radius 1 is 1.35 bits per heavy atom. The Labute approximate surface area is 98.8 Å². The van der Waals surface area contributed by atoms with Gasteiger partial charge in [-0.25, -0.2) is 0 Å². The first kappa shape index (κ1) is 10.4. The topological polar surface area (TPSA) is 61.0 Å². The van der Waals surface area contributed by atoms with E-state index in [-0.39, 0.29) is 5.92 Å². The van der Waals surface area contributed by atoms with Crippen LogP contribution in [-0.2, 0) is 4.74 Å². The van der Waals surface area contributed by atoms with Crippen molar-refractivity contribution in [3.63, 3.8) is 0 Å². The fourth-order valence-corrected chi connectivity index (χ4v) is 1.85. The van der Waals surface area contributed by atoms with E-state index in [4.69, 9.17) is 9.26 Å². The predicted octanol–water partition coefficient (Wildman–Crippen LogP) is 1.94. The molecule has 5 heteroatoms. The summed E-state index contributed by atoms with van der Waals surface area (Å²) >= 11 is 0. The summed E-state index contributed by atoms with van der Waals surface area (Å²) in [4.78, 5) is 8.60. The molecule has 0 amide bonds. The van der Waals surface area contributed by atoms with Crippen LogP contribution in [0.25, 0.3) is 11.5 Å². The minimum Gasteiger partial charge on any atom is -0.381 e. The molecule has 1 aliphatic rings. The molecular formula is C12H13N3O2. The molecule has 1 fully saturated rings. The maximum Gasteiger partial charge on any atom is 0.259 e. The molecule has 2 aromatic rings. The number of hydrogen-bond acceptors (Lipinski definition) is 5. The normalized spacial score (nSPS) is 19.7. The van der Waals surface area contributed by atoms with E-state index >= 15 is 0 Å². The molecule has 0 radical (unpaired) electrons. The van der Waals surface area contributed by atoms with Crippen LogP contribution in [-0.4, -0.2) is 28.3 Å². The van der Waals surface area contributed by atoms with Crippen molar-refractivity contribution in [2.75, 3.05) is 13.2 Å². The summed E-state index contributed by atoms with van der Waals surface area (Å²) in [5, 5.41) is 4.00. The van der Waals surface area contributed by atoms with Crippen LogP contribution < -0.4 is 0 Å². The van der Waals surface area contributed by atoms with Crippen LogP contribution >= 0.6 is 0 Å². The molecule has 0 bridgehead atoms. The summed E-state index contributed by atoms with van der Waals surface area (Å²) in [6.45, 7) is 3.41. The quantitative estimate of drug-likeness (QED) is 0.790. The fourth-order valence-electron chi connectivity index (χ4n) is 1.85. The van der Waals surface area contributed by atoms with Gasteiger partial charge < -0.3 is 9.26 Å². The first-order valence-corrected chi connectivity index (χ1v) is 5.67. The highest BCUT2D eigenvalue weighted by molar-refractivity contribution is 5.50. The van der Waals surface area contributed by atoms with Crippen molar-refractivity contribution in [2.24, 2.45) is 0 Å². The summed E-state index contributed by atoms with van der Waals surface area (Å²) in [5.74, 6) is 1.53. The van der Waals surface area contributed by atoms with Gasteiger partial charge in [0, 0.05) is 24.4 Å². The van der Waals surface area contributed by atoms with Crippen molar-refractivity contribution in [2.45, 2.75) is 19.3 Å². The standard InChI is InChI=1S/C12H13N3O2/c1-8-2-3-9(6-13-8)12-14-11(15-17-12)10-4-5-16-7-10/h2-3,6,10H,4-5,7H2,1H3/t10-/m0/s1. The number of rotatable bonds is 2. The molecule has 0 saturated carbocycles. The first-order valence-electron chi connectivity index (χ1n) is 5.67. The van der Waals surface area contributed by atoms with E-state index in [9.17, 15) is 0 Å². The van der Waals surface area contributed by atoms with E-state index in [1.807, 2.05) is 19.1 Å². The predicted molar refractivity (Wildman–Crippen MR) is 60.4 cm³/mol. The number of aryl methyl sites for hydroxylation is 1. The Bertz CT molecular complexity index is 501. The van der Waals surface area contributed by atoms with Crippen LogP contribution in [0.2, 0.25) is 0 Å². The fraction of sp³-hybridized carbons (Fsp3) is 0.417. The van der Waals surface area contributed by atoms with Crippen LogP contribution in [0, 0.1) is 6.92 Å². The van der Waals surface area contributed by atoms with Gasteiger partial charge in [0.25, 0.3) is 5.89 Å². The highest BCUT2D eigenvalue weighted by Crippen LogP contribution is 2.25. The zero-order chi connectivity index (χ0) is 11.7. The molecule has 17 heavy (non-hydrogen) atoms. The van der Waals surface area contributed by atoms with Gasteiger partial charge in [-0.15, -0.1) is 0 Å². The lowest BCUT2D eigenvalue weighted by Crippen LogP contribution is -1.99. The molecule has 0 aliphatic carbocycles. The van der Waals surface area contributed by atoms with Crippen molar-refractivity contribution < 1.29 is 9.26 Å². The van der Waals surface area contributed by atoms with Gasteiger partial charge in [0.1, 0.15) is 0 Å². The molecule has 1 atom stereocenters. The Hall–Kier alpha value is -1.75. The van der Waals surface area contributed by atoms with Crippen LogP contribution in [0.3, 0.4) is 0 Å². The van der Waals surface area contributed by atoms with Gasteiger partial charge in [-0.2, -0.15) is 4.98 Å². The highest BCUT2D eigenvalue weighted by atomic mass is 16.5. The number of pyridine rings is 1. The molecule has 3 rings (SSSR count). The maximum absolute atomic E-state index is 5.31. The molecular weight excluding hydrogens is 218 g/mol. The van der Waals surface area contributed by atoms with Gasteiger partial charge >= 0.3 is 0 Å². The van der Waals surface area contributed by atoms with Crippen molar-refractivity contribution in [1.29, 1.82) is 0 Å². The van der Waals surface area contributed by atoms with E-state index in [1.54, 1.807) is 6.20 Å². The number of nitrogens with zero attached hydrogens (tertiary/aromatic N) is 3. The van der Waals surface area contributed by atoms with E-state index < -0.39 is 0 Å². The monoisotopic (exact) mass is 231 g/mol. The van der Waals surface area contributed by atoms with Crippen molar-refractivity contribution in [1.82, 2.24) is 15.1 Å². The molecule has 0 N–H and O–H groups in total. The Morgan fingerprint density at radius 3 is 3.00 bits per heavy atom. The van der Waals surface area contributed by atoms with E-state index in [0.717, 1.165) is 30.1 Å². The third kappa shape index (κ3) is 2.06. The third-order valence-electron chi connectivity index (χ3n) is 2.89. The second-order valence-electron chi connectivity index (χ2n) is 4.21. The van der Waals surface area contributed by atoms with Crippen LogP contribution in [0.15, 0.2) is 22.9 Å². The lowest BCUT2D eigenvalue weighted by molar-refractivity contribution is 0.192. The van der Waals surface area contributed by atoms with E-state index in [2.05, 4.69) is 15.1 Å². The lowest BCUT2D eigenvalue weighted by Gasteiger charge is -1.97. The third-order valence-corrected chi connectivity index (χ3v) is 2.89.